The number of likely N-dealkylation sites (N-methyl/N-ethyl adjacent to an activating group) is 1. The van der Waals surface area contributed by atoms with E-state index in [0.29, 0.717) is 0 Å². The third-order valence-electron chi connectivity index (χ3n) is 4.82. The molecule has 0 saturated heterocycles. The summed E-state index contributed by atoms with van der Waals surface area (Å²) in [5.41, 5.74) is 0.926. The minimum absolute atomic E-state index is 0.0726. The van der Waals surface area contributed by atoms with Gasteiger partial charge in [0.15, 0.2) is 6.10 Å². The van der Waals surface area contributed by atoms with Crippen LogP contribution >= 0.6 is 0 Å². The fourth-order valence-electron chi connectivity index (χ4n) is 3.13. The molecule has 35 heavy (non-hydrogen) atoms. The van der Waals surface area contributed by atoms with Crippen molar-refractivity contribution in [3.8, 4) is 0 Å². The number of ether oxygens (including phenoxy) is 3. The molecule has 2 rings (SSSR count). The zero-order valence-electron chi connectivity index (χ0n) is 20.9. The van der Waals surface area contributed by atoms with Crippen LogP contribution in [0.5, 0.6) is 0 Å². The van der Waals surface area contributed by atoms with Gasteiger partial charge in [0.2, 0.25) is 0 Å². The van der Waals surface area contributed by atoms with Gasteiger partial charge in [0.1, 0.15) is 18.8 Å². The second kappa shape index (κ2) is 13.5. The Balaban J connectivity index is 2.18. The molecule has 9 heteroatoms. The van der Waals surface area contributed by atoms with Crippen LogP contribution in [0.4, 0.5) is 4.79 Å². The molecular weight excluding hydrogens is 452 g/mol. The summed E-state index contributed by atoms with van der Waals surface area (Å²) in [4.78, 5) is 43.1. The SMILES string of the molecule is CON(C)C(=O)C(OCC(=O)OCc1ccccc1)C(Cc1ccccc1)NC(=O)OC(C)(C)C. The Labute approximate surface area is 206 Å². The van der Waals surface area contributed by atoms with Gasteiger partial charge in [-0.1, -0.05) is 60.7 Å². The second-order valence-corrected chi connectivity index (χ2v) is 8.84. The lowest BCUT2D eigenvalue weighted by Gasteiger charge is -2.30. The largest absolute Gasteiger partial charge is 0.459 e. The summed E-state index contributed by atoms with van der Waals surface area (Å²) in [5, 5.41) is 3.70. The van der Waals surface area contributed by atoms with Crippen molar-refractivity contribution in [1.82, 2.24) is 10.4 Å². The van der Waals surface area contributed by atoms with Crippen molar-refractivity contribution in [1.29, 1.82) is 0 Å². The molecule has 2 aromatic rings. The zero-order chi connectivity index (χ0) is 25.8. The summed E-state index contributed by atoms with van der Waals surface area (Å²) in [6.45, 7) is 4.78. The average Bonchev–Trinajstić information content (AvgIpc) is 2.82. The van der Waals surface area contributed by atoms with Crippen LogP contribution in [-0.2, 0) is 41.7 Å². The van der Waals surface area contributed by atoms with E-state index in [1.54, 1.807) is 20.8 Å². The number of alkyl carbamates (subject to hydrolysis) is 1. The highest BCUT2D eigenvalue weighted by Crippen LogP contribution is 2.14. The Hall–Kier alpha value is -3.43. The molecule has 0 radical (unpaired) electrons. The summed E-state index contributed by atoms with van der Waals surface area (Å²) in [7, 11) is 2.75. The van der Waals surface area contributed by atoms with Gasteiger partial charge in [0, 0.05) is 7.05 Å². The van der Waals surface area contributed by atoms with Gasteiger partial charge in [-0.15, -0.1) is 0 Å². The Morgan fingerprint density at radius 2 is 1.51 bits per heavy atom. The predicted octanol–water partition coefficient (Wildman–Crippen LogP) is 3.27. The van der Waals surface area contributed by atoms with Gasteiger partial charge in [-0.3, -0.25) is 9.63 Å². The van der Waals surface area contributed by atoms with E-state index in [2.05, 4.69) is 5.32 Å². The lowest BCUT2D eigenvalue weighted by atomic mass is 10.0. The third kappa shape index (κ3) is 10.2. The van der Waals surface area contributed by atoms with Crippen LogP contribution in [0.1, 0.15) is 31.9 Å². The van der Waals surface area contributed by atoms with E-state index in [1.165, 1.54) is 14.2 Å². The molecule has 0 aliphatic rings. The van der Waals surface area contributed by atoms with E-state index in [-0.39, 0.29) is 13.0 Å². The summed E-state index contributed by atoms with van der Waals surface area (Å²) in [6, 6.07) is 17.6. The lowest BCUT2D eigenvalue weighted by Crippen LogP contribution is -2.54. The van der Waals surface area contributed by atoms with Gasteiger partial charge in [0.25, 0.3) is 5.91 Å². The molecule has 9 nitrogen and oxygen atoms in total. The molecule has 1 N–H and O–H groups in total. The molecule has 190 valence electrons. The van der Waals surface area contributed by atoms with E-state index < -0.39 is 42.3 Å². The fourth-order valence-corrected chi connectivity index (χ4v) is 3.13. The van der Waals surface area contributed by atoms with Gasteiger partial charge < -0.3 is 19.5 Å². The summed E-state index contributed by atoms with van der Waals surface area (Å²) >= 11 is 0. The predicted molar refractivity (Wildman–Crippen MR) is 129 cm³/mol. The number of rotatable bonds is 11. The first-order valence-electron chi connectivity index (χ1n) is 11.3. The molecule has 0 heterocycles. The minimum atomic E-state index is -1.25. The normalized spacial score (nSPS) is 12.8. The number of carbonyl (C=O) groups is 3. The molecule has 0 aliphatic carbocycles. The van der Waals surface area contributed by atoms with Crippen LogP contribution in [0.3, 0.4) is 0 Å². The van der Waals surface area contributed by atoms with Crippen molar-refractivity contribution in [2.24, 2.45) is 0 Å². The average molecular weight is 487 g/mol. The Bertz CT molecular complexity index is 945. The van der Waals surface area contributed by atoms with E-state index in [0.717, 1.165) is 16.2 Å². The number of hydrogen-bond acceptors (Lipinski definition) is 7. The molecule has 0 fully saturated rings. The topological polar surface area (TPSA) is 103 Å². The maximum Gasteiger partial charge on any atom is 0.407 e. The lowest BCUT2D eigenvalue weighted by molar-refractivity contribution is -0.184. The third-order valence-corrected chi connectivity index (χ3v) is 4.82. The van der Waals surface area contributed by atoms with E-state index >= 15 is 0 Å². The van der Waals surface area contributed by atoms with Crippen LogP contribution in [0.2, 0.25) is 0 Å². The first-order chi connectivity index (χ1) is 16.6. The number of hydrogen-bond donors (Lipinski definition) is 1. The summed E-state index contributed by atoms with van der Waals surface area (Å²) < 4.78 is 16.4. The number of nitrogens with zero attached hydrogens (tertiary/aromatic N) is 1. The number of esters is 1. The van der Waals surface area contributed by atoms with E-state index in [4.69, 9.17) is 19.0 Å². The van der Waals surface area contributed by atoms with E-state index in [1.807, 2.05) is 60.7 Å². The second-order valence-electron chi connectivity index (χ2n) is 8.84. The van der Waals surface area contributed by atoms with Crippen molar-refractivity contribution in [2.45, 2.75) is 51.5 Å². The molecule has 2 atom stereocenters. The minimum Gasteiger partial charge on any atom is -0.459 e. The van der Waals surface area contributed by atoms with Crippen molar-refractivity contribution in [2.75, 3.05) is 20.8 Å². The van der Waals surface area contributed by atoms with Gasteiger partial charge in [0.05, 0.1) is 13.2 Å². The summed E-state index contributed by atoms with van der Waals surface area (Å²) in [5.74, 6) is -1.23. The van der Waals surface area contributed by atoms with Crippen molar-refractivity contribution >= 4 is 18.0 Å². The number of amides is 2. The quantitative estimate of drug-likeness (QED) is 0.384. The highest BCUT2D eigenvalue weighted by molar-refractivity contribution is 5.82. The van der Waals surface area contributed by atoms with Gasteiger partial charge in [-0.05, 0) is 38.3 Å². The number of hydroxylamine groups is 2. The molecule has 0 aliphatic heterocycles. The molecular formula is C26H34N2O7. The molecule has 2 unspecified atom stereocenters. The maximum absolute atomic E-state index is 13.1. The van der Waals surface area contributed by atoms with E-state index in [9.17, 15) is 14.4 Å². The highest BCUT2D eigenvalue weighted by Gasteiger charge is 2.35. The monoisotopic (exact) mass is 486 g/mol. The molecule has 0 spiro atoms. The van der Waals surface area contributed by atoms with Crippen LogP contribution in [0.25, 0.3) is 0 Å². The van der Waals surface area contributed by atoms with Gasteiger partial charge in [-0.2, -0.15) is 0 Å². The highest BCUT2D eigenvalue weighted by atomic mass is 16.7. The summed E-state index contributed by atoms with van der Waals surface area (Å²) in [6.07, 6.45) is -1.73. The van der Waals surface area contributed by atoms with Crippen LogP contribution in [-0.4, -0.2) is 61.5 Å². The number of benzene rings is 2. The van der Waals surface area contributed by atoms with Crippen molar-refractivity contribution in [3.63, 3.8) is 0 Å². The Morgan fingerprint density at radius 1 is 0.943 bits per heavy atom. The van der Waals surface area contributed by atoms with Crippen LogP contribution in [0.15, 0.2) is 60.7 Å². The van der Waals surface area contributed by atoms with Gasteiger partial charge >= 0.3 is 12.1 Å². The zero-order valence-corrected chi connectivity index (χ0v) is 20.9. The Kier molecular flexibility index (Phi) is 10.7. The van der Waals surface area contributed by atoms with Crippen LogP contribution in [0, 0.1) is 0 Å². The Morgan fingerprint density at radius 3 is 2.06 bits per heavy atom. The van der Waals surface area contributed by atoms with Gasteiger partial charge in [-0.25, -0.2) is 14.7 Å². The molecule has 0 aromatic heterocycles. The van der Waals surface area contributed by atoms with Crippen LogP contribution < -0.4 is 5.32 Å². The molecule has 2 aromatic carbocycles. The molecule has 0 bridgehead atoms. The standard InChI is InChI=1S/C26H34N2O7/c1-26(2,3)35-25(31)27-21(16-19-12-8-6-9-13-19)23(24(30)28(4)32-5)34-18-22(29)33-17-20-14-10-7-11-15-20/h6-15,21,23H,16-18H2,1-5H3,(H,27,31). The molecule has 0 saturated carbocycles. The van der Waals surface area contributed by atoms with Crippen molar-refractivity contribution < 1.29 is 33.4 Å². The maximum atomic E-state index is 13.1. The number of nitrogens with one attached hydrogen (secondary N) is 1. The van der Waals surface area contributed by atoms with Crippen molar-refractivity contribution in [3.05, 3.63) is 71.8 Å². The smallest absolute Gasteiger partial charge is 0.407 e. The first kappa shape index (κ1) is 27.8. The fraction of sp³-hybridized carbons (Fsp3) is 0.423. The number of carbonyl (C=O) groups excluding carboxylic acids is 3. The molecule has 2 amide bonds. The first-order valence-corrected chi connectivity index (χ1v) is 11.3.